The van der Waals surface area contributed by atoms with Gasteiger partial charge >= 0.3 is 0 Å². The summed E-state index contributed by atoms with van der Waals surface area (Å²) in [4.78, 5) is 31.5. The monoisotopic (exact) mass is 472 g/mol. The predicted molar refractivity (Wildman–Crippen MR) is 132 cm³/mol. The molecule has 4 rings (SSSR count). The highest BCUT2D eigenvalue weighted by Crippen LogP contribution is 2.39. The minimum Gasteiger partial charge on any atom is -0.507 e. The molecule has 3 aromatic rings. The fourth-order valence-electron chi connectivity index (χ4n) is 4.21. The molecule has 7 nitrogen and oxygen atoms in total. The van der Waals surface area contributed by atoms with Gasteiger partial charge < -0.3 is 19.5 Å². The number of likely N-dealkylation sites (tertiary alicyclic amines) is 1. The number of aliphatic hydroxyl groups is 1. The largest absolute Gasteiger partial charge is 0.507 e. The number of ketones is 1. The number of amides is 1. The number of aliphatic hydroxyl groups excluding tert-OH is 1. The molecule has 1 aliphatic heterocycles. The SMILES string of the molecule is COCCCN1C(=O)C(=O)C(=C(O)c2ccc(OCc3cccc(C)c3)cc2)[C@@H]1c1cccnc1. The maximum absolute atomic E-state index is 13.0. The van der Waals surface area contributed by atoms with Crippen molar-refractivity contribution in [3.05, 3.63) is 101 Å². The van der Waals surface area contributed by atoms with Crippen molar-refractivity contribution in [1.29, 1.82) is 0 Å². The lowest BCUT2D eigenvalue weighted by Gasteiger charge is -2.25. The van der Waals surface area contributed by atoms with Gasteiger partial charge in [0.2, 0.25) is 0 Å². The molecule has 1 aliphatic rings. The number of hydrogen-bond donors (Lipinski definition) is 1. The van der Waals surface area contributed by atoms with Crippen LogP contribution in [-0.4, -0.2) is 46.9 Å². The Morgan fingerprint density at radius 2 is 1.89 bits per heavy atom. The summed E-state index contributed by atoms with van der Waals surface area (Å²) < 4.78 is 11.0. The van der Waals surface area contributed by atoms with Crippen LogP contribution in [0.15, 0.2) is 78.6 Å². The third-order valence-corrected chi connectivity index (χ3v) is 5.90. The lowest BCUT2D eigenvalue weighted by atomic mass is 9.96. The number of hydrogen-bond acceptors (Lipinski definition) is 6. The number of aromatic nitrogens is 1. The molecular formula is C28H28N2O5. The van der Waals surface area contributed by atoms with Gasteiger partial charge in [0.15, 0.2) is 0 Å². The molecule has 1 saturated heterocycles. The number of pyridine rings is 1. The van der Waals surface area contributed by atoms with Crippen molar-refractivity contribution in [2.45, 2.75) is 26.0 Å². The van der Waals surface area contributed by atoms with Crippen molar-refractivity contribution in [2.24, 2.45) is 0 Å². The maximum atomic E-state index is 13.0. The fourth-order valence-corrected chi connectivity index (χ4v) is 4.21. The van der Waals surface area contributed by atoms with Gasteiger partial charge in [-0.25, -0.2) is 0 Å². The Balaban J connectivity index is 1.61. The average Bonchev–Trinajstić information content (AvgIpc) is 3.13. The van der Waals surface area contributed by atoms with Gasteiger partial charge in [-0.05, 0) is 54.8 Å². The second-order valence-electron chi connectivity index (χ2n) is 8.43. The third-order valence-electron chi connectivity index (χ3n) is 5.90. The zero-order chi connectivity index (χ0) is 24.8. The molecule has 1 amide bonds. The minimum atomic E-state index is -0.724. The van der Waals surface area contributed by atoms with E-state index < -0.39 is 17.7 Å². The number of carbonyl (C=O) groups is 2. The quantitative estimate of drug-likeness (QED) is 0.215. The number of aryl methyl sites for hydroxylation is 1. The third kappa shape index (κ3) is 5.41. The first-order valence-corrected chi connectivity index (χ1v) is 11.5. The normalized spacial score (nSPS) is 17.1. The number of Topliss-reactive ketones (excluding diaryl/α,β-unsaturated/α-hetero) is 1. The Kier molecular flexibility index (Phi) is 7.57. The summed E-state index contributed by atoms with van der Waals surface area (Å²) in [6, 6.07) is 17.7. The predicted octanol–water partition coefficient (Wildman–Crippen LogP) is 4.43. The molecule has 7 heteroatoms. The molecular weight excluding hydrogens is 444 g/mol. The molecule has 0 aliphatic carbocycles. The van der Waals surface area contributed by atoms with Gasteiger partial charge in [0.05, 0.1) is 11.6 Å². The molecule has 35 heavy (non-hydrogen) atoms. The molecule has 1 fully saturated rings. The second kappa shape index (κ2) is 11.0. The van der Waals surface area contributed by atoms with E-state index in [2.05, 4.69) is 11.1 Å². The molecule has 0 radical (unpaired) electrons. The first kappa shape index (κ1) is 24.2. The number of methoxy groups -OCH3 is 1. The summed E-state index contributed by atoms with van der Waals surface area (Å²) in [5.74, 6) is -0.952. The number of nitrogens with zero attached hydrogens (tertiary/aromatic N) is 2. The molecule has 0 saturated carbocycles. The van der Waals surface area contributed by atoms with E-state index >= 15 is 0 Å². The van der Waals surface area contributed by atoms with Crippen molar-refractivity contribution >= 4 is 17.4 Å². The average molecular weight is 473 g/mol. The standard InChI is InChI=1S/C28H28N2O5/c1-19-6-3-7-20(16-19)18-35-23-11-9-21(10-12-23)26(31)24-25(22-8-4-13-29-17-22)30(14-5-15-34-2)28(33)27(24)32/h3-4,6-13,16-17,25,31H,5,14-15,18H2,1-2H3/t25-/m0/s1. The highest BCUT2D eigenvalue weighted by molar-refractivity contribution is 6.46. The van der Waals surface area contributed by atoms with Gasteiger partial charge in [0.1, 0.15) is 18.1 Å². The highest BCUT2D eigenvalue weighted by atomic mass is 16.5. The molecule has 0 unspecified atom stereocenters. The molecule has 1 N–H and O–H groups in total. The van der Waals surface area contributed by atoms with Gasteiger partial charge in [-0.2, -0.15) is 0 Å². The van der Waals surface area contributed by atoms with Crippen molar-refractivity contribution in [2.75, 3.05) is 20.3 Å². The van der Waals surface area contributed by atoms with Crippen molar-refractivity contribution in [3.63, 3.8) is 0 Å². The van der Waals surface area contributed by atoms with Crippen LogP contribution in [0, 0.1) is 6.92 Å². The van der Waals surface area contributed by atoms with E-state index in [1.807, 2.05) is 25.1 Å². The molecule has 1 aromatic heterocycles. The Hall–Kier alpha value is -3.97. The minimum absolute atomic E-state index is 0.0499. The second-order valence-corrected chi connectivity index (χ2v) is 8.43. The highest BCUT2D eigenvalue weighted by Gasteiger charge is 2.45. The molecule has 180 valence electrons. The van der Waals surface area contributed by atoms with Crippen molar-refractivity contribution in [1.82, 2.24) is 9.88 Å². The van der Waals surface area contributed by atoms with E-state index in [1.165, 1.54) is 4.90 Å². The van der Waals surface area contributed by atoms with Crippen LogP contribution in [-0.2, 0) is 20.9 Å². The summed E-state index contributed by atoms with van der Waals surface area (Å²) >= 11 is 0. The Labute approximate surface area is 204 Å². The summed E-state index contributed by atoms with van der Waals surface area (Å²) in [5.41, 5.74) is 3.35. The van der Waals surface area contributed by atoms with E-state index in [4.69, 9.17) is 9.47 Å². The van der Waals surface area contributed by atoms with Crippen LogP contribution >= 0.6 is 0 Å². The number of ether oxygens (including phenoxy) is 2. The topological polar surface area (TPSA) is 89.0 Å². The van der Waals surface area contributed by atoms with Crippen LogP contribution < -0.4 is 4.74 Å². The lowest BCUT2D eigenvalue weighted by molar-refractivity contribution is -0.140. The van der Waals surface area contributed by atoms with Gasteiger partial charge in [-0.3, -0.25) is 14.6 Å². The van der Waals surface area contributed by atoms with Crippen LogP contribution in [0.5, 0.6) is 5.75 Å². The van der Waals surface area contributed by atoms with Gasteiger partial charge in [0, 0.05) is 38.2 Å². The Morgan fingerprint density at radius 1 is 1.09 bits per heavy atom. The molecule has 0 spiro atoms. The molecule has 2 aromatic carbocycles. The first-order valence-electron chi connectivity index (χ1n) is 11.5. The summed E-state index contributed by atoms with van der Waals surface area (Å²) in [7, 11) is 1.58. The molecule has 2 heterocycles. The van der Waals surface area contributed by atoms with Crippen LogP contribution in [0.3, 0.4) is 0 Å². The van der Waals surface area contributed by atoms with Crippen LogP contribution in [0.1, 0.15) is 34.7 Å². The lowest BCUT2D eigenvalue weighted by Crippen LogP contribution is -2.31. The van der Waals surface area contributed by atoms with Crippen LogP contribution in [0.25, 0.3) is 5.76 Å². The van der Waals surface area contributed by atoms with E-state index in [-0.39, 0.29) is 11.3 Å². The first-order chi connectivity index (χ1) is 17.0. The summed E-state index contributed by atoms with van der Waals surface area (Å²) in [6.45, 7) is 3.22. The smallest absolute Gasteiger partial charge is 0.295 e. The molecule has 1 atom stereocenters. The zero-order valence-electron chi connectivity index (χ0n) is 19.8. The summed E-state index contributed by atoms with van der Waals surface area (Å²) in [6.07, 6.45) is 3.79. The number of benzene rings is 2. The zero-order valence-corrected chi connectivity index (χ0v) is 19.8. The Bertz CT molecular complexity index is 1220. The fraction of sp³-hybridized carbons (Fsp3) is 0.250. The van der Waals surface area contributed by atoms with Crippen molar-refractivity contribution in [3.8, 4) is 5.75 Å². The number of carbonyl (C=O) groups excluding carboxylic acids is 2. The Morgan fingerprint density at radius 3 is 2.57 bits per heavy atom. The van der Waals surface area contributed by atoms with E-state index in [0.717, 1.165) is 11.1 Å². The van der Waals surface area contributed by atoms with Gasteiger partial charge in [0.25, 0.3) is 11.7 Å². The van der Waals surface area contributed by atoms with Crippen LogP contribution in [0.2, 0.25) is 0 Å². The van der Waals surface area contributed by atoms with E-state index in [1.54, 1.807) is 55.9 Å². The van der Waals surface area contributed by atoms with Gasteiger partial charge in [-0.1, -0.05) is 35.9 Å². The van der Waals surface area contributed by atoms with E-state index in [0.29, 0.717) is 43.1 Å². The van der Waals surface area contributed by atoms with Crippen LogP contribution in [0.4, 0.5) is 0 Å². The molecule has 0 bridgehead atoms. The van der Waals surface area contributed by atoms with Crippen molar-refractivity contribution < 1.29 is 24.2 Å². The summed E-state index contributed by atoms with van der Waals surface area (Å²) in [5, 5.41) is 11.2. The maximum Gasteiger partial charge on any atom is 0.295 e. The van der Waals surface area contributed by atoms with Gasteiger partial charge in [-0.15, -0.1) is 0 Å². The van der Waals surface area contributed by atoms with E-state index in [9.17, 15) is 14.7 Å². The number of rotatable bonds is 9.